The predicted octanol–water partition coefficient (Wildman–Crippen LogP) is 1.68. The van der Waals surface area contributed by atoms with Crippen LogP contribution in [0.5, 0.6) is 0 Å². The Labute approximate surface area is 105 Å². The first-order valence-corrected chi connectivity index (χ1v) is 5.39. The monoisotopic (exact) mass is 274 g/mol. The van der Waals surface area contributed by atoms with Gasteiger partial charge >= 0.3 is 12.1 Å². The zero-order valence-corrected chi connectivity index (χ0v) is 9.52. The Morgan fingerprint density at radius 1 is 1.42 bits per heavy atom. The molecule has 0 saturated carbocycles. The molecule has 1 atom stereocenters. The van der Waals surface area contributed by atoms with Crippen LogP contribution in [0.1, 0.15) is 18.5 Å². The summed E-state index contributed by atoms with van der Waals surface area (Å²) in [6.07, 6.45) is -3.52. The van der Waals surface area contributed by atoms with Gasteiger partial charge in [0.1, 0.15) is 11.7 Å². The molecule has 0 aliphatic carbocycles. The molecular weight excluding hydrogens is 265 g/mol. The number of pyridine rings is 1. The summed E-state index contributed by atoms with van der Waals surface area (Å²) in [5.41, 5.74) is -1.03. The second kappa shape index (κ2) is 4.52. The van der Waals surface area contributed by atoms with Gasteiger partial charge in [-0.05, 0) is 18.6 Å². The summed E-state index contributed by atoms with van der Waals surface area (Å²) >= 11 is 0. The summed E-state index contributed by atoms with van der Waals surface area (Å²) in [4.78, 5) is 26.7. The van der Waals surface area contributed by atoms with Crippen molar-refractivity contribution in [2.24, 2.45) is 0 Å². The number of carbonyl (C=O) groups excluding carboxylic acids is 1. The molecule has 1 fully saturated rings. The van der Waals surface area contributed by atoms with Crippen LogP contribution in [0.4, 0.5) is 18.9 Å². The van der Waals surface area contributed by atoms with Crippen LogP contribution in [0.25, 0.3) is 0 Å². The fourth-order valence-corrected chi connectivity index (χ4v) is 1.94. The number of carbonyl (C=O) groups is 2. The first kappa shape index (κ1) is 13.3. The minimum absolute atomic E-state index is 0.0536. The number of carboxylic acids is 1. The van der Waals surface area contributed by atoms with Crippen LogP contribution >= 0.6 is 0 Å². The first-order valence-electron chi connectivity index (χ1n) is 5.39. The first-order chi connectivity index (χ1) is 8.80. The van der Waals surface area contributed by atoms with Crippen molar-refractivity contribution in [3.05, 3.63) is 24.0 Å². The molecule has 2 heterocycles. The zero-order chi connectivity index (χ0) is 14.2. The number of aliphatic carboxylic acids is 1. The summed E-state index contributed by atoms with van der Waals surface area (Å²) in [5.74, 6) is -1.63. The number of nitrogens with zero attached hydrogens (tertiary/aromatic N) is 2. The van der Waals surface area contributed by atoms with E-state index in [2.05, 4.69) is 4.98 Å². The molecule has 1 aromatic heterocycles. The van der Waals surface area contributed by atoms with Crippen LogP contribution < -0.4 is 4.90 Å². The largest absolute Gasteiger partial charge is 0.480 e. The van der Waals surface area contributed by atoms with E-state index in [0.717, 1.165) is 23.2 Å². The van der Waals surface area contributed by atoms with E-state index in [-0.39, 0.29) is 18.5 Å². The smallest absolute Gasteiger partial charge is 0.433 e. The fourth-order valence-electron chi connectivity index (χ4n) is 1.94. The summed E-state index contributed by atoms with van der Waals surface area (Å²) in [6.45, 7) is 0. The number of hydrogen-bond donors (Lipinski definition) is 1. The molecule has 2 rings (SSSR count). The molecule has 102 valence electrons. The molecule has 8 heteroatoms. The Balaban J connectivity index is 2.31. The van der Waals surface area contributed by atoms with E-state index < -0.39 is 29.8 Å². The van der Waals surface area contributed by atoms with Gasteiger partial charge in [0.15, 0.2) is 0 Å². The Kier molecular flexibility index (Phi) is 3.17. The molecule has 0 bridgehead atoms. The normalized spacial score (nSPS) is 19.8. The van der Waals surface area contributed by atoms with Gasteiger partial charge in [0, 0.05) is 6.42 Å². The van der Waals surface area contributed by atoms with E-state index in [9.17, 15) is 22.8 Å². The van der Waals surface area contributed by atoms with Crippen LogP contribution in [-0.2, 0) is 15.8 Å². The van der Waals surface area contributed by atoms with E-state index >= 15 is 0 Å². The van der Waals surface area contributed by atoms with Crippen LogP contribution in [0.15, 0.2) is 18.3 Å². The number of rotatable bonds is 2. The van der Waals surface area contributed by atoms with Gasteiger partial charge in [0.25, 0.3) is 0 Å². The molecule has 5 nitrogen and oxygen atoms in total. The molecule has 1 aliphatic rings. The van der Waals surface area contributed by atoms with Crippen molar-refractivity contribution >= 4 is 17.6 Å². The summed E-state index contributed by atoms with van der Waals surface area (Å²) in [6, 6.07) is 0.723. The molecule has 0 aromatic carbocycles. The number of alkyl halides is 3. The van der Waals surface area contributed by atoms with Crippen LogP contribution in [-0.4, -0.2) is 28.0 Å². The van der Waals surface area contributed by atoms with Crippen molar-refractivity contribution < 1.29 is 27.9 Å². The zero-order valence-electron chi connectivity index (χ0n) is 9.52. The van der Waals surface area contributed by atoms with Crippen molar-refractivity contribution in [2.45, 2.75) is 25.1 Å². The highest BCUT2D eigenvalue weighted by molar-refractivity contribution is 6.02. The van der Waals surface area contributed by atoms with Crippen LogP contribution in [0.2, 0.25) is 0 Å². The second-order valence-electron chi connectivity index (χ2n) is 4.06. The molecule has 0 unspecified atom stereocenters. The lowest BCUT2D eigenvalue weighted by atomic mass is 10.2. The molecule has 1 aliphatic heterocycles. The molecular formula is C11H9F3N2O3. The molecule has 0 radical (unpaired) electrons. The van der Waals surface area contributed by atoms with Gasteiger partial charge in [-0.15, -0.1) is 0 Å². The van der Waals surface area contributed by atoms with E-state index in [1.54, 1.807) is 0 Å². The van der Waals surface area contributed by atoms with Gasteiger partial charge in [0.2, 0.25) is 5.91 Å². The van der Waals surface area contributed by atoms with Gasteiger partial charge in [-0.1, -0.05) is 0 Å². The highest BCUT2D eigenvalue weighted by atomic mass is 19.4. The van der Waals surface area contributed by atoms with Crippen molar-refractivity contribution in [3.8, 4) is 0 Å². The van der Waals surface area contributed by atoms with Crippen molar-refractivity contribution in [1.29, 1.82) is 0 Å². The highest BCUT2D eigenvalue weighted by Crippen LogP contribution is 2.31. The Morgan fingerprint density at radius 3 is 2.58 bits per heavy atom. The third-order valence-electron chi connectivity index (χ3n) is 2.81. The second-order valence-corrected chi connectivity index (χ2v) is 4.06. The lowest BCUT2D eigenvalue weighted by Crippen LogP contribution is -2.38. The van der Waals surface area contributed by atoms with Crippen LogP contribution in [0.3, 0.4) is 0 Å². The standard InChI is InChI=1S/C11H9F3N2O3/c12-11(13,14)8-3-1-6(5-15-8)16-7(10(18)19)2-4-9(16)17/h1,3,5,7H,2,4H2,(H,18,19)/t7-/m0/s1. The highest BCUT2D eigenvalue weighted by Gasteiger charge is 2.38. The Hall–Kier alpha value is -2.12. The third-order valence-corrected chi connectivity index (χ3v) is 2.81. The number of halogens is 3. The maximum Gasteiger partial charge on any atom is 0.433 e. The number of anilines is 1. The molecule has 1 amide bonds. The molecule has 0 spiro atoms. The Bertz CT molecular complexity index is 513. The molecule has 19 heavy (non-hydrogen) atoms. The lowest BCUT2D eigenvalue weighted by molar-refractivity contribution is -0.141. The predicted molar refractivity (Wildman–Crippen MR) is 57.4 cm³/mol. The van der Waals surface area contributed by atoms with Crippen LogP contribution in [0, 0.1) is 0 Å². The summed E-state index contributed by atoms with van der Waals surface area (Å²) < 4.78 is 37.0. The average Bonchev–Trinajstić information content (AvgIpc) is 2.70. The minimum atomic E-state index is -4.57. The van der Waals surface area contributed by atoms with E-state index in [4.69, 9.17) is 5.11 Å². The van der Waals surface area contributed by atoms with Crippen molar-refractivity contribution in [1.82, 2.24) is 4.98 Å². The number of carboxylic acid groups (broad SMARTS) is 1. The van der Waals surface area contributed by atoms with E-state index in [1.165, 1.54) is 0 Å². The average molecular weight is 274 g/mol. The third kappa shape index (κ3) is 2.51. The number of amides is 1. The lowest BCUT2D eigenvalue weighted by Gasteiger charge is -2.21. The van der Waals surface area contributed by atoms with E-state index in [1.807, 2.05) is 0 Å². The maximum atomic E-state index is 12.3. The van der Waals surface area contributed by atoms with Gasteiger partial charge in [-0.2, -0.15) is 13.2 Å². The molecule has 1 saturated heterocycles. The van der Waals surface area contributed by atoms with Gasteiger partial charge in [-0.25, -0.2) is 9.78 Å². The summed E-state index contributed by atoms with van der Waals surface area (Å²) in [5, 5.41) is 8.95. The van der Waals surface area contributed by atoms with Gasteiger partial charge in [0.05, 0.1) is 11.9 Å². The quantitative estimate of drug-likeness (QED) is 0.890. The number of aromatic nitrogens is 1. The maximum absolute atomic E-state index is 12.3. The van der Waals surface area contributed by atoms with Gasteiger partial charge in [-0.3, -0.25) is 9.69 Å². The van der Waals surface area contributed by atoms with Crippen molar-refractivity contribution in [3.63, 3.8) is 0 Å². The van der Waals surface area contributed by atoms with Crippen molar-refractivity contribution in [2.75, 3.05) is 4.90 Å². The Morgan fingerprint density at radius 2 is 2.11 bits per heavy atom. The SMILES string of the molecule is O=C(O)[C@@H]1CCC(=O)N1c1ccc(C(F)(F)F)nc1. The number of hydrogen-bond acceptors (Lipinski definition) is 3. The topological polar surface area (TPSA) is 70.5 Å². The fraction of sp³-hybridized carbons (Fsp3) is 0.364. The van der Waals surface area contributed by atoms with Gasteiger partial charge < -0.3 is 5.11 Å². The molecule has 1 aromatic rings. The molecule has 1 N–H and O–H groups in total. The summed E-state index contributed by atoms with van der Waals surface area (Å²) in [7, 11) is 0. The minimum Gasteiger partial charge on any atom is -0.480 e. The van der Waals surface area contributed by atoms with E-state index in [0.29, 0.717) is 0 Å².